The summed E-state index contributed by atoms with van der Waals surface area (Å²) in [5.74, 6) is -1.56. The molecule has 0 aromatic carbocycles. The highest BCUT2D eigenvalue weighted by Gasteiger charge is 2.09. The summed E-state index contributed by atoms with van der Waals surface area (Å²) >= 11 is 0. The Labute approximate surface area is 174 Å². The van der Waals surface area contributed by atoms with Crippen LogP contribution in [0.5, 0.6) is 0 Å². The quantitative estimate of drug-likeness (QED) is 0.216. The molecule has 1 atom stereocenters. The van der Waals surface area contributed by atoms with Crippen LogP contribution < -0.4 is 0 Å². The molecule has 0 heterocycles. The fourth-order valence-corrected chi connectivity index (χ4v) is 3.12. The van der Waals surface area contributed by atoms with Gasteiger partial charge in [-0.25, -0.2) is 0 Å². The maximum Gasteiger partial charge on any atom is 0.306 e. The zero-order valence-electron chi connectivity index (χ0n) is 19.0. The Morgan fingerprint density at radius 3 is 1.14 bits per heavy atom. The van der Waals surface area contributed by atoms with Crippen LogP contribution in [0.2, 0.25) is 0 Å². The van der Waals surface area contributed by atoms with Crippen LogP contribution in [0.15, 0.2) is 0 Å². The minimum atomic E-state index is -0.745. The molecule has 0 aromatic rings. The van der Waals surface area contributed by atoms with Gasteiger partial charge in [0, 0.05) is 6.42 Å². The predicted molar refractivity (Wildman–Crippen MR) is 119 cm³/mol. The molecule has 0 saturated carbocycles. The number of hydrogen-bond acceptors (Lipinski definition) is 2. The van der Waals surface area contributed by atoms with Crippen molar-refractivity contribution in [3.8, 4) is 0 Å². The number of unbranched alkanes of at least 4 members (excludes halogenated alkanes) is 15. The molecule has 28 heavy (non-hydrogen) atoms. The van der Waals surface area contributed by atoms with E-state index in [0.29, 0.717) is 0 Å². The largest absolute Gasteiger partial charge is 0.481 e. The van der Waals surface area contributed by atoms with Gasteiger partial charge < -0.3 is 10.2 Å². The van der Waals surface area contributed by atoms with Crippen molar-refractivity contribution in [2.45, 2.75) is 136 Å². The van der Waals surface area contributed by atoms with E-state index in [1.54, 1.807) is 6.92 Å². The molecule has 0 aromatic heterocycles. The fraction of sp³-hybridized carbons (Fsp3) is 0.917. The van der Waals surface area contributed by atoms with Crippen LogP contribution in [0, 0.1) is 5.92 Å². The Kier molecular flexibility index (Phi) is 25.0. The SMILES string of the molecule is CCC(=O)O.CCCCCCCCCCCCCCCCCCC(C)C(=O)O. The highest BCUT2D eigenvalue weighted by molar-refractivity contribution is 5.69. The van der Waals surface area contributed by atoms with Crippen LogP contribution in [0.3, 0.4) is 0 Å². The van der Waals surface area contributed by atoms with Crippen molar-refractivity contribution in [3.63, 3.8) is 0 Å². The Hall–Kier alpha value is -1.06. The highest BCUT2D eigenvalue weighted by Crippen LogP contribution is 2.15. The van der Waals surface area contributed by atoms with Gasteiger partial charge in [-0.3, -0.25) is 9.59 Å². The Morgan fingerprint density at radius 1 is 0.607 bits per heavy atom. The second-order valence-corrected chi connectivity index (χ2v) is 8.08. The lowest BCUT2D eigenvalue weighted by Crippen LogP contribution is -2.08. The Balaban J connectivity index is 0. The second kappa shape index (κ2) is 24.0. The van der Waals surface area contributed by atoms with E-state index in [2.05, 4.69) is 6.92 Å². The van der Waals surface area contributed by atoms with Crippen LogP contribution >= 0.6 is 0 Å². The third-order valence-electron chi connectivity index (χ3n) is 5.21. The van der Waals surface area contributed by atoms with E-state index in [0.717, 1.165) is 12.8 Å². The van der Waals surface area contributed by atoms with Crippen molar-refractivity contribution < 1.29 is 19.8 Å². The summed E-state index contributed by atoms with van der Waals surface area (Å²) in [6.07, 6.45) is 22.9. The molecular weight excluding hydrogens is 352 g/mol. The third-order valence-corrected chi connectivity index (χ3v) is 5.21. The number of carbonyl (C=O) groups is 2. The highest BCUT2D eigenvalue weighted by atomic mass is 16.4. The molecule has 0 fully saturated rings. The fourth-order valence-electron chi connectivity index (χ4n) is 3.12. The van der Waals surface area contributed by atoms with Gasteiger partial charge in [0.25, 0.3) is 0 Å². The van der Waals surface area contributed by atoms with E-state index in [1.165, 1.54) is 96.3 Å². The molecule has 0 aliphatic rings. The van der Waals surface area contributed by atoms with Gasteiger partial charge in [0.2, 0.25) is 0 Å². The van der Waals surface area contributed by atoms with E-state index >= 15 is 0 Å². The van der Waals surface area contributed by atoms with Crippen molar-refractivity contribution >= 4 is 11.9 Å². The first-order valence-corrected chi connectivity index (χ1v) is 11.9. The Morgan fingerprint density at radius 2 is 0.893 bits per heavy atom. The van der Waals surface area contributed by atoms with E-state index in [9.17, 15) is 9.59 Å². The van der Waals surface area contributed by atoms with Crippen molar-refractivity contribution in [1.29, 1.82) is 0 Å². The van der Waals surface area contributed by atoms with Crippen LogP contribution in [0.25, 0.3) is 0 Å². The van der Waals surface area contributed by atoms with E-state index in [-0.39, 0.29) is 12.3 Å². The lowest BCUT2D eigenvalue weighted by atomic mass is 10.0. The summed E-state index contributed by atoms with van der Waals surface area (Å²) < 4.78 is 0. The summed E-state index contributed by atoms with van der Waals surface area (Å²) in [5, 5.41) is 16.5. The molecule has 0 spiro atoms. The van der Waals surface area contributed by atoms with Crippen LogP contribution in [-0.2, 0) is 9.59 Å². The normalized spacial score (nSPS) is 11.5. The summed E-state index contributed by atoms with van der Waals surface area (Å²) in [6, 6.07) is 0. The summed E-state index contributed by atoms with van der Waals surface area (Å²) in [6.45, 7) is 5.69. The topological polar surface area (TPSA) is 74.6 Å². The monoisotopic (exact) mass is 400 g/mol. The number of rotatable bonds is 19. The summed E-state index contributed by atoms with van der Waals surface area (Å²) in [7, 11) is 0. The number of carboxylic acid groups (broad SMARTS) is 2. The smallest absolute Gasteiger partial charge is 0.306 e. The average Bonchev–Trinajstić information content (AvgIpc) is 2.67. The average molecular weight is 401 g/mol. The number of carboxylic acids is 2. The molecule has 4 heteroatoms. The summed E-state index contributed by atoms with van der Waals surface area (Å²) in [4.78, 5) is 20.1. The molecule has 0 saturated heterocycles. The third kappa shape index (κ3) is 27.2. The van der Waals surface area contributed by atoms with Gasteiger partial charge >= 0.3 is 11.9 Å². The van der Waals surface area contributed by atoms with Crippen LogP contribution in [-0.4, -0.2) is 22.2 Å². The van der Waals surface area contributed by atoms with E-state index in [1.807, 2.05) is 6.92 Å². The van der Waals surface area contributed by atoms with E-state index in [4.69, 9.17) is 10.2 Å². The molecule has 0 amide bonds. The summed E-state index contributed by atoms with van der Waals surface area (Å²) in [5.41, 5.74) is 0. The van der Waals surface area contributed by atoms with Crippen molar-refractivity contribution in [3.05, 3.63) is 0 Å². The van der Waals surface area contributed by atoms with Gasteiger partial charge in [0.15, 0.2) is 0 Å². The molecule has 4 nitrogen and oxygen atoms in total. The maximum absolute atomic E-state index is 10.7. The molecule has 0 aliphatic carbocycles. The van der Waals surface area contributed by atoms with Crippen LogP contribution in [0.4, 0.5) is 0 Å². The first kappa shape index (κ1) is 29.1. The molecule has 2 N–H and O–H groups in total. The van der Waals surface area contributed by atoms with Gasteiger partial charge in [0.05, 0.1) is 5.92 Å². The minimum absolute atomic E-state index is 0.165. The molecule has 0 rings (SSSR count). The van der Waals surface area contributed by atoms with E-state index < -0.39 is 11.9 Å². The van der Waals surface area contributed by atoms with Gasteiger partial charge in [-0.15, -0.1) is 0 Å². The predicted octanol–water partition coefficient (Wildman–Crippen LogP) is 7.84. The van der Waals surface area contributed by atoms with Crippen molar-refractivity contribution in [2.75, 3.05) is 0 Å². The lowest BCUT2D eigenvalue weighted by molar-refractivity contribution is -0.141. The van der Waals surface area contributed by atoms with Gasteiger partial charge in [-0.1, -0.05) is 124 Å². The number of hydrogen-bond donors (Lipinski definition) is 2. The number of aliphatic carboxylic acids is 2. The van der Waals surface area contributed by atoms with Gasteiger partial charge in [-0.05, 0) is 6.42 Å². The molecule has 0 radical (unpaired) electrons. The zero-order chi connectivity index (χ0) is 21.5. The zero-order valence-corrected chi connectivity index (χ0v) is 19.0. The lowest BCUT2D eigenvalue weighted by Gasteiger charge is -2.05. The molecule has 1 unspecified atom stereocenters. The van der Waals surface area contributed by atoms with Crippen molar-refractivity contribution in [2.24, 2.45) is 5.92 Å². The minimum Gasteiger partial charge on any atom is -0.481 e. The van der Waals surface area contributed by atoms with Gasteiger partial charge in [0.1, 0.15) is 0 Å². The first-order chi connectivity index (χ1) is 13.5. The Bertz CT molecular complexity index is 341. The molecular formula is C24H48O4. The van der Waals surface area contributed by atoms with Crippen LogP contribution in [0.1, 0.15) is 136 Å². The van der Waals surface area contributed by atoms with Crippen molar-refractivity contribution in [1.82, 2.24) is 0 Å². The standard InChI is InChI=1S/C21H42O2.C3H6O2/c1-3-4-5-6-7-8-9-10-11-12-13-14-15-16-17-18-19-20(2)21(22)23;1-2-3(4)5/h20H,3-19H2,1-2H3,(H,22,23);2H2,1H3,(H,4,5). The molecule has 168 valence electrons. The second-order valence-electron chi connectivity index (χ2n) is 8.08. The molecule has 0 bridgehead atoms. The molecule has 0 aliphatic heterocycles. The maximum atomic E-state index is 10.7. The first-order valence-electron chi connectivity index (χ1n) is 11.9. The van der Waals surface area contributed by atoms with Gasteiger partial charge in [-0.2, -0.15) is 0 Å².